The van der Waals surface area contributed by atoms with Crippen molar-refractivity contribution in [2.45, 2.75) is 26.8 Å². The summed E-state index contributed by atoms with van der Waals surface area (Å²) in [5.41, 5.74) is 2.88. The summed E-state index contributed by atoms with van der Waals surface area (Å²) in [5, 5.41) is 8.20. The standard InChI is InChI=1S/C11H19N3OS/c1-8(2)11(15)13-5-4-12-9(3)10-6-16-7-14-10/h6-9,12H,4-5H2,1-3H3,(H,13,15). The highest BCUT2D eigenvalue weighted by Crippen LogP contribution is 2.10. The molecule has 0 aliphatic rings. The maximum Gasteiger partial charge on any atom is 0.222 e. The third kappa shape index (κ3) is 4.28. The molecular formula is C11H19N3OS. The Morgan fingerprint density at radius 1 is 1.44 bits per heavy atom. The molecule has 1 aromatic rings. The fraction of sp³-hybridized carbons (Fsp3) is 0.636. The summed E-state index contributed by atoms with van der Waals surface area (Å²) in [5.74, 6) is 0.152. The highest BCUT2D eigenvalue weighted by atomic mass is 32.1. The van der Waals surface area contributed by atoms with Crippen LogP contribution in [0.4, 0.5) is 0 Å². The number of rotatable bonds is 6. The number of hydrogen-bond acceptors (Lipinski definition) is 4. The molecule has 90 valence electrons. The molecule has 5 heteroatoms. The van der Waals surface area contributed by atoms with Crippen molar-refractivity contribution < 1.29 is 4.79 Å². The van der Waals surface area contributed by atoms with Crippen LogP contribution in [0.5, 0.6) is 0 Å². The Balaban J connectivity index is 2.14. The van der Waals surface area contributed by atoms with Gasteiger partial charge in [0, 0.05) is 30.4 Å². The fourth-order valence-corrected chi connectivity index (χ4v) is 1.87. The third-order valence-electron chi connectivity index (χ3n) is 2.29. The van der Waals surface area contributed by atoms with E-state index >= 15 is 0 Å². The maximum absolute atomic E-state index is 11.3. The number of carbonyl (C=O) groups is 1. The Hall–Kier alpha value is -0.940. The molecule has 0 radical (unpaired) electrons. The summed E-state index contributed by atoms with van der Waals surface area (Å²) in [7, 11) is 0. The second kappa shape index (κ2) is 6.60. The lowest BCUT2D eigenvalue weighted by molar-refractivity contribution is -0.123. The summed E-state index contributed by atoms with van der Waals surface area (Å²) in [6.45, 7) is 7.27. The van der Waals surface area contributed by atoms with E-state index < -0.39 is 0 Å². The minimum Gasteiger partial charge on any atom is -0.355 e. The molecule has 0 bridgehead atoms. The lowest BCUT2D eigenvalue weighted by Crippen LogP contribution is -2.35. The average Bonchev–Trinajstić information content (AvgIpc) is 2.76. The molecule has 0 saturated heterocycles. The number of carbonyl (C=O) groups excluding carboxylic acids is 1. The van der Waals surface area contributed by atoms with Crippen LogP contribution in [0.15, 0.2) is 10.9 Å². The molecule has 1 amide bonds. The van der Waals surface area contributed by atoms with Gasteiger partial charge in [-0.15, -0.1) is 11.3 Å². The van der Waals surface area contributed by atoms with Gasteiger partial charge < -0.3 is 10.6 Å². The number of nitrogens with zero attached hydrogens (tertiary/aromatic N) is 1. The van der Waals surface area contributed by atoms with Crippen molar-refractivity contribution in [3.63, 3.8) is 0 Å². The van der Waals surface area contributed by atoms with Gasteiger partial charge in [-0.1, -0.05) is 13.8 Å². The van der Waals surface area contributed by atoms with E-state index in [1.54, 1.807) is 11.3 Å². The Bertz CT molecular complexity index is 311. The predicted molar refractivity (Wildman–Crippen MR) is 66.4 cm³/mol. The molecule has 1 heterocycles. The van der Waals surface area contributed by atoms with E-state index in [-0.39, 0.29) is 17.9 Å². The Morgan fingerprint density at radius 2 is 2.19 bits per heavy atom. The van der Waals surface area contributed by atoms with Crippen LogP contribution >= 0.6 is 11.3 Å². The molecular weight excluding hydrogens is 222 g/mol. The Morgan fingerprint density at radius 3 is 2.75 bits per heavy atom. The number of amides is 1. The first-order valence-corrected chi connectivity index (χ1v) is 6.44. The molecule has 0 spiro atoms. The Labute approximate surface area is 100 Å². The van der Waals surface area contributed by atoms with Crippen LogP contribution in [-0.4, -0.2) is 24.0 Å². The van der Waals surface area contributed by atoms with Gasteiger partial charge in [0.05, 0.1) is 11.2 Å². The maximum atomic E-state index is 11.3. The zero-order chi connectivity index (χ0) is 12.0. The molecule has 0 aromatic carbocycles. The van der Waals surface area contributed by atoms with Gasteiger partial charge in [0.15, 0.2) is 0 Å². The van der Waals surface area contributed by atoms with E-state index in [0.29, 0.717) is 6.54 Å². The molecule has 2 N–H and O–H groups in total. The second-order valence-corrected chi connectivity index (χ2v) is 4.75. The lowest BCUT2D eigenvalue weighted by atomic mass is 10.2. The SMILES string of the molecule is CC(C)C(=O)NCCNC(C)c1cscn1. The van der Waals surface area contributed by atoms with E-state index in [2.05, 4.69) is 22.5 Å². The zero-order valence-corrected chi connectivity index (χ0v) is 10.8. The molecule has 0 saturated carbocycles. The predicted octanol–water partition coefficient (Wildman–Crippen LogP) is 1.57. The van der Waals surface area contributed by atoms with E-state index in [1.165, 1.54) is 0 Å². The monoisotopic (exact) mass is 241 g/mol. The van der Waals surface area contributed by atoms with Crippen LogP contribution in [0, 0.1) is 5.92 Å². The van der Waals surface area contributed by atoms with Gasteiger partial charge in [-0.3, -0.25) is 4.79 Å². The molecule has 1 unspecified atom stereocenters. The molecule has 4 nitrogen and oxygen atoms in total. The van der Waals surface area contributed by atoms with Gasteiger partial charge in [-0.05, 0) is 6.92 Å². The number of aromatic nitrogens is 1. The van der Waals surface area contributed by atoms with Crippen molar-refractivity contribution >= 4 is 17.2 Å². The summed E-state index contributed by atoms with van der Waals surface area (Å²) < 4.78 is 0. The quantitative estimate of drug-likeness (QED) is 0.743. The molecule has 0 aliphatic heterocycles. The van der Waals surface area contributed by atoms with Crippen molar-refractivity contribution in [3.05, 3.63) is 16.6 Å². The van der Waals surface area contributed by atoms with Crippen LogP contribution in [0.3, 0.4) is 0 Å². The van der Waals surface area contributed by atoms with E-state index in [9.17, 15) is 4.79 Å². The first-order valence-electron chi connectivity index (χ1n) is 5.50. The minimum atomic E-state index is 0.0518. The fourth-order valence-electron chi connectivity index (χ4n) is 1.22. The van der Waals surface area contributed by atoms with Gasteiger partial charge in [0.1, 0.15) is 0 Å². The summed E-state index contributed by atoms with van der Waals surface area (Å²) in [6.07, 6.45) is 0. The molecule has 1 aromatic heterocycles. The van der Waals surface area contributed by atoms with Crippen LogP contribution < -0.4 is 10.6 Å². The van der Waals surface area contributed by atoms with E-state index in [0.717, 1.165) is 12.2 Å². The second-order valence-electron chi connectivity index (χ2n) is 4.03. The van der Waals surface area contributed by atoms with Crippen LogP contribution in [0.2, 0.25) is 0 Å². The first-order chi connectivity index (χ1) is 7.61. The van der Waals surface area contributed by atoms with Gasteiger partial charge in [-0.25, -0.2) is 4.98 Å². The average molecular weight is 241 g/mol. The smallest absolute Gasteiger partial charge is 0.222 e. The van der Waals surface area contributed by atoms with Crippen molar-refractivity contribution in [1.82, 2.24) is 15.6 Å². The van der Waals surface area contributed by atoms with Gasteiger partial charge in [0.2, 0.25) is 5.91 Å². The van der Waals surface area contributed by atoms with Gasteiger partial charge >= 0.3 is 0 Å². The molecule has 0 aliphatic carbocycles. The van der Waals surface area contributed by atoms with E-state index in [4.69, 9.17) is 0 Å². The number of thiazole rings is 1. The third-order valence-corrected chi connectivity index (χ3v) is 2.90. The largest absolute Gasteiger partial charge is 0.355 e. The molecule has 16 heavy (non-hydrogen) atoms. The van der Waals surface area contributed by atoms with Crippen molar-refractivity contribution in [2.24, 2.45) is 5.92 Å². The lowest BCUT2D eigenvalue weighted by Gasteiger charge is -2.12. The summed E-state index contributed by atoms with van der Waals surface area (Å²) in [4.78, 5) is 15.5. The van der Waals surface area contributed by atoms with Crippen molar-refractivity contribution in [2.75, 3.05) is 13.1 Å². The van der Waals surface area contributed by atoms with Crippen LogP contribution in [-0.2, 0) is 4.79 Å². The zero-order valence-electron chi connectivity index (χ0n) is 9.99. The topological polar surface area (TPSA) is 54.0 Å². The van der Waals surface area contributed by atoms with Gasteiger partial charge in [0.25, 0.3) is 0 Å². The Kier molecular flexibility index (Phi) is 5.42. The molecule has 0 fully saturated rings. The highest BCUT2D eigenvalue weighted by molar-refractivity contribution is 7.07. The summed E-state index contributed by atoms with van der Waals surface area (Å²) >= 11 is 1.60. The number of hydrogen-bond donors (Lipinski definition) is 2. The molecule has 1 atom stereocenters. The highest BCUT2D eigenvalue weighted by Gasteiger charge is 2.07. The number of nitrogens with one attached hydrogen (secondary N) is 2. The van der Waals surface area contributed by atoms with Gasteiger partial charge in [-0.2, -0.15) is 0 Å². The van der Waals surface area contributed by atoms with Crippen molar-refractivity contribution in [1.29, 1.82) is 0 Å². The minimum absolute atomic E-state index is 0.0518. The summed E-state index contributed by atoms with van der Waals surface area (Å²) in [6, 6.07) is 0.238. The van der Waals surface area contributed by atoms with Crippen molar-refractivity contribution in [3.8, 4) is 0 Å². The van der Waals surface area contributed by atoms with Crippen LogP contribution in [0.1, 0.15) is 32.5 Å². The molecule has 1 rings (SSSR count). The first kappa shape index (κ1) is 13.1. The van der Waals surface area contributed by atoms with E-state index in [1.807, 2.05) is 24.7 Å². The van der Waals surface area contributed by atoms with Crippen LogP contribution in [0.25, 0.3) is 0 Å². The normalized spacial score (nSPS) is 12.8.